The molecular formula is C33H32N4O4. The number of carboxylic acid groups (broad SMARTS) is 1. The second-order valence-corrected chi connectivity index (χ2v) is 11.0. The van der Waals surface area contributed by atoms with Crippen molar-refractivity contribution in [2.75, 3.05) is 6.61 Å². The summed E-state index contributed by atoms with van der Waals surface area (Å²) in [4.78, 5) is 29.6. The van der Waals surface area contributed by atoms with Gasteiger partial charge in [0.25, 0.3) is 5.91 Å². The van der Waals surface area contributed by atoms with Crippen LogP contribution in [0.4, 0.5) is 0 Å². The van der Waals surface area contributed by atoms with E-state index in [-0.39, 0.29) is 19.0 Å². The summed E-state index contributed by atoms with van der Waals surface area (Å²) in [6.07, 6.45) is 6.11. The number of rotatable bonds is 6. The first-order valence-corrected chi connectivity index (χ1v) is 14.4. The lowest BCUT2D eigenvalue weighted by atomic mass is 9.81. The topological polar surface area (TPSA) is 98.4 Å². The van der Waals surface area contributed by atoms with Crippen molar-refractivity contribution >= 4 is 33.8 Å². The molecule has 7 rings (SSSR count). The number of aliphatic carboxylic acids is 1. The Morgan fingerprint density at radius 1 is 0.976 bits per heavy atom. The van der Waals surface area contributed by atoms with E-state index >= 15 is 0 Å². The van der Waals surface area contributed by atoms with Gasteiger partial charge in [0.2, 0.25) is 0 Å². The molecule has 2 aliphatic rings. The highest BCUT2D eigenvalue weighted by atomic mass is 16.5. The predicted octanol–water partition coefficient (Wildman–Crippen LogP) is 6.11. The molecule has 3 heterocycles. The van der Waals surface area contributed by atoms with E-state index in [2.05, 4.69) is 33.1 Å². The maximum atomic E-state index is 13.5. The molecule has 2 aromatic heterocycles. The minimum absolute atomic E-state index is 0.125. The molecule has 8 nitrogen and oxygen atoms in total. The Bertz CT molecular complexity index is 1790. The van der Waals surface area contributed by atoms with E-state index in [0.29, 0.717) is 36.0 Å². The van der Waals surface area contributed by atoms with Gasteiger partial charge in [-0.2, -0.15) is 0 Å². The third-order valence-electron chi connectivity index (χ3n) is 8.53. The number of ether oxygens (including phenoxy) is 1. The maximum Gasteiger partial charge on any atom is 0.323 e. The molecule has 41 heavy (non-hydrogen) atoms. The molecule has 0 atom stereocenters. The van der Waals surface area contributed by atoms with E-state index in [4.69, 9.17) is 4.74 Å². The van der Waals surface area contributed by atoms with Gasteiger partial charge >= 0.3 is 5.97 Å². The quantitative estimate of drug-likeness (QED) is 0.267. The van der Waals surface area contributed by atoms with Crippen molar-refractivity contribution in [3.05, 3.63) is 83.7 Å². The average molecular weight is 549 g/mol. The summed E-state index contributed by atoms with van der Waals surface area (Å²) in [5.41, 5.74) is 6.76. The molecule has 5 aromatic rings. The van der Waals surface area contributed by atoms with Gasteiger partial charge in [-0.1, -0.05) is 49.6 Å². The van der Waals surface area contributed by atoms with Crippen LogP contribution in [0.25, 0.3) is 33.2 Å². The number of carbonyl (C=O) groups excluding carboxylic acids is 1. The standard InChI is InChI=1S/C33H32N4O4/c38-30(39)20-37-26-12-6-5-11-25(26)35-29(37)19-34-33(40)22-14-15-23-27(18-22)36-16-17-41-28-13-7-4-10-24(28)32(36)31(23)21-8-2-1-3-9-21/h4-7,10-15,18,21H,1-3,8-9,16-17,19-20H2,(H,34,40)(H,38,39). The van der Waals surface area contributed by atoms with Gasteiger partial charge < -0.3 is 24.3 Å². The minimum Gasteiger partial charge on any atom is -0.491 e. The number of hydrogen-bond donors (Lipinski definition) is 2. The highest BCUT2D eigenvalue weighted by molar-refractivity contribution is 6.01. The molecule has 1 aliphatic heterocycles. The number of nitrogens with one attached hydrogen (secondary N) is 1. The van der Waals surface area contributed by atoms with Crippen molar-refractivity contribution in [2.45, 2.75) is 57.7 Å². The number of para-hydroxylation sites is 3. The first-order chi connectivity index (χ1) is 20.1. The summed E-state index contributed by atoms with van der Waals surface area (Å²) in [6, 6.07) is 21.7. The molecule has 0 unspecified atom stereocenters. The van der Waals surface area contributed by atoms with Crippen LogP contribution in [0.3, 0.4) is 0 Å². The second-order valence-electron chi connectivity index (χ2n) is 11.0. The van der Waals surface area contributed by atoms with Gasteiger partial charge in [0.1, 0.15) is 24.7 Å². The fourth-order valence-electron chi connectivity index (χ4n) is 6.71. The number of benzene rings is 3. The van der Waals surface area contributed by atoms with Crippen LogP contribution in [0.1, 0.15) is 59.8 Å². The lowest BCUT2D eigenvalue weighted by Gasteiger charge is -2.23. The van der Waals surface area contributed by atoms with E-state index in [1.54, 1.807) is 4.57 Å². The fourth-order valence-corrected chi connectivity index (χ4v) is 6.71. The molecule has 1 fully saturated rings. The molecule has 0 bridgehead atoms. The lowest BCUT2D eigenvalue weighted by Crippen LogP contribution is -2.25. The second kappa shape index (κ2) is 10.4. The highest BCUT2D eigenvalue weighted by Gasteiger charge is 2.29. The molecular weight excluding hydrogens is 516 g/mol. The number of carboxylic acids is 1. The van der Waals surface area contributed by atoms with Crippen LogP contribution in [0.2, 0.25) is 0 Å². The summed E-state index contributed by atoms with van der Waals surface area (Å²) in [6.45, 7) is 1.17. The van der Waals surface area contributed by atoms with Crippen molar-refractivity contribution in [1.82, 2.24) is 19.4 Å². The van der Waals surface area contributed by atoms with Crippen LogP contribution in [0.5, 0.6) is 5.75 Å². The van der Waals surface area contributed by atoms with Crippen molar-refractivity contribution in [3.63, 3.8) is 0 Å². The number of hydrogen-bond acceptors (Lipinski definition) is 4. The summed E-state index contributed by atoms with van der Waals surface area (Å²) in [5, 5.41) is 13.6. The molecule has 1 aliphatic carbocycles. The Kier molecular flexibility index (Phi) is 6.46. The average Bonchev–Trinajstić information content (AvgIpc) is 3.43. The molecule has 208 valence electrons. The van der Waals surface area contributed by atoms with Gasteiger partial charge in [0.05, 0.1) is 29.8 Å². The molecule has 8 heteroatoms. The van der Waals surface area contributed by atoms with Crippen molar-refractivity contribution < 1.29 is 19.4 Å². The fraction of sp³-hybridized carbons (Fsp3) is 0.303. The molecule has 1 amide bonds. The maximum absolute atomic E-state index is 13.5. The molecule has 0 saturated heterocycles. The van der Waals surface area contributed by atoms with E-state index in [1.165, 1.54) is 48.7 Å². The largest absolute Gasteiger partial charge is 0.491 e. The van der Waals surface area contributed by atoms with Gasteiger partial charge in [0, 0.05) is 22.0 Å². The van der Waals surface area contributed by atoms with Gasteiger partial charge in [-0.3, -0.25) is 9.59 Å². The lowest BCUT2D eigenvalue weighted by molar-refractivity contribution is -0.137. The SMILES string of the molecule is O=C(O)Cn1c(CNC(=O)c2ccc3c(C4CCCCC4)c4n(c3c2)CCOc2ccccc2-4)nc2ccccc21. The minimum atomic E-state index is -0.959. The molecule has 1 saturated carbocycles. The van der Waals surface area contributed by atoms with Crippen LogP contribution in [-0.4, -0.2) is 37.7 Å². The Balaban J connectivity index is 1.26. The van der Waals surface area contributed by atoms with Crippen molar-refractivity contribution in [2.24, 2.45) is 0 Å². The zero-order chi connectivity index (χ0) is 27.9. The van der Waals surface area contributed by atoms with Crippen LogP contribution in [0.15, 0.2) is 66.7 Å². The van der Waals surface area contributed by atoms with Crippen LogP contribution in [0, 0.1) is 0 Å². The molecule has 3 aromatic carbocycles. The Morgan fingerprint density at radius 3 is 2.63 bits per heavy atom. The number of carbonyl (C=O) groups is 2. The van der Waals surface area contributed by atoms with Gasteiger partial charge in [-0.25, -0.2) is 4.98 Å². The van der Waals surface area contributed by atoms with Crippen molar-refractivity contribution in [1.29, 1.82) is 0 Å². The third-order valence-corrected chi connectivity index (χ3v) is 8.53. The summed E-state index contributed by atoms with van der Waals surface area (Å²) in [5.74, 6) is 0.720. The Labute approximate surface area is 237 Å². The Hall–Kier alpha value is -4.59. The number of imidazole rings is 1. The molecule has 0 radical (unpaired) electrons. The first-order valence-electron chi connectivity index (χ1n) is 14.4. The summed E-state index contributed by atoms with van der Waals surface area (Å²) >= 11 is 0. The monoisotopic (exact) mass is 548 g/mol. The predicted molar refractivity (Wildman–Crippen MR) is 157 cm³/mol. The summed E-state index contributed by atoms with van der Waals surface area (Å²) < 4.78 is 10.1. The number of amides is 1. The van der Waals surface area contributed by atoms with E-state index in [9.17, 15) is 14.7 Å². The van der Waals surface area contributed by atoms with Crippen LogP contribution in [-0.2, 0) is 24.4 Å². The van der Waals surface area contributed by atoms with Gasteiger partial charge in [-0.15, -0.1) is 0 Å². The number of nitrogens with zero attached hydrogens (tertiary/aromatic N) is 3. The van der Waals surface area contributed by atoms with Crippen molar-refractivity contribution in [3.8, 4) is 17.0 Å². The highest BCUT2D eigenvalue weighted by Crippen LogP contribution is 2.47. The van der Waals surface area contributed by atoms with E-state index in [1.807, 2.05) is 48.5 Å². The Morgan fingerprint density at radius 2 is 1.78 bits per heavy atom. The molecule has 0 spiro atoms. The van der Waals surface area contributed by atoms with Crippen LogP contribution >= 0.6 is 0 Å². The third kappa shape index (κ3) is 4.53. The number of fused-ring (bicyclic) bond motifs is 6. The molecule has 2 N–H and O–H groups in total. The summed E-state index contributed by atoms with van der Waals surface area (Å²) in [7, 11) is 0. The zero-order valence-electron chi connectivity index (χ0n) is 22.8. The van der Waals surface area contributed by atoms with E-state index < -0.39 is 5.97 Å². The normalized spacial score (nSPS) is 15.2. The van der Waals surface area contributed by atoms with Crippen LogP contribution < -0.4 is 10.1 Å². The van der Waals surface area contributed by atoms with E-state index in [0.717, 1.165) is 22.3 Å². The van der Waals surface area contributed by atoms with Gasteiger partial charge in [0.15, 0.2) is 0 Å². The number of aromatic nitrogens is 3. The smallest absolute Gasteiger partial charge is 0.323 e. The van der Waals surface area contributed by atoms with Gasteiger partial charge in [-0.05, 0) is 60.7 Å². The zero-order valence-corrected chi connectivity index (χ0v) is 22.8. The first kappa shape index (κ1) is 25.4.